The lowest BCUT2D eigenvalue weighted by Gasteiger charge is -2.21. The highest BCUT2D eigenvalue weighted by Crippen LogP contribution is 2.26. The Morgan fingerprint density at radius 1 is 1.00 bits per heavy atom. The topological polar surface area (TPSA) is 63.1 Å². The Morgan fingerprint density at radius 2 is 1.71 bits per heavy atom. The summed E-state index contributed by atoms with van der Waals surface area (Å²) in [5.74, 6) is 1.17. The van der Waals surface area contributed by atoms with Gasteiger partial charge in [0.05, 0.1) is 5.75 Å². The fourth-order valence-electron chi connectivity index (χ4n) is 3.48. The lowest BCUT2D eigenvalue weighted by atomic mass is 10.1. The molecule has 6 nitrogen and oxygen atoms in total. The van der Waals surface area contributed by atoms with Crippen molar-refractivity contribution in [2.24, 2.45) is 0 Å². The van der Waals surface area contributed by atoms with Gasteiger partial charge in [0.25, 0.3) is 0 Å². The summed E-state index contributed by atoms with van der Waals surface area (Å²) >= 11 is 1.43. The minimum atomic E-state index is 0.0108. The molecule has 31 heavy (non-hydrogen) atoms. The second-order valence-corrected chi connectivity index (χ2v) is 8.09. The second kappa shape index (κ2) is 11.6. The lowest BCUT2D eigenvalue weighted by molar-refractivity contribution is -0.118. The molecule has 164 valence electrons. The molecule has 0 unspecified atom stereocenters. The Morgan fingerprint density at radius 3 is 2.35 bits per heavy atom. The highest BCUT2D eigenvalue weighted by atomic mass is 32.2. The Balaban J connectivity index is 1.57. The molecule has 7 heteroatoms. The number of hydrogen-bond acceptors (Lipinski definition) is 5. The van der Waals surface area contributed by atoms with Gasteiger partial charge in [-0.25, -0.2) is 0 Å². The van der Waals surface area contributed by atoms with E-state index in [0.717, 1.165) is 42.6 Å². The fourth-order valence-corrected chi connectivity index (χ4v) is 4.31. The number of nitrogens with zero attached hydrogens (tertiary/aromatic N) is 4. The van der Waals surface area contributed by atoms with Crippen LogP contribution in [0.15, 0.2) is 59.8 Å². The van der Waals surface area contributed by atoms with Gasteiger partial charge in [-0.3, -0.25) is 4.79 Å². The monoisotopic (exact) mass is 437 g/mol. The molecule has 3 aromatic rings. The first-order valence-corrected chi connectivity index (χ1v) is 11.9. The number of anilines is 1. The van der Waals surface area contributed by atoms with E-state index < -0.39 is 0 Å². The Bertz CT molecular complexity index is 952. The number of thioether (sulfide) groups is 1. The largest absolute Gasteiger partial charge is 0.372 e. The summed E-state index contributed by atoms with van der Waals surface area (Å²) in [6.07, 6.45) is 0.829. The van der Waals surface area contributed by atoms with Crippen molar-refractivity contribution in [2.45, 2.75) is 38.9 Å². The minimum Gasteiger partial charge on any atom is -0.372 e. The molecule has 0 aliphatic rings. The molecule has 2 aromatic carbocycles. The molecule has 0 bridgehead atoms. The van der Waals surface area contributed by atoms with Crippen LogP contribution in [0.3, 0.4) is 0 Å². The summed E-state index contributed by atoms with van der Waals surface area (Å²) in [6.45, 7) is 9.73. The minimum absolute atomic E-state index is 0.0108. The van der Waals surface area contributed by atoms with Crippen LogP contribution in [0.4, 0.5) is 5.69 Å². The number of hydrogen-bond donors (Lipinski definition) is 1. The molecule has 1 N–H and O–H groups in total. The van der Waals surface area contributed by atoms with E-state index in [2.05, 4.69) is 82.2 Å². The van der Waals surface area contributed by atoms with E-state index in [9.17, 15) is 4.79 Å². The average Bonchev–Trinajstić information content (AvgIpc) is 3.22. The normalized spacial score (nSPS) is 10.8. The molecule has 1 heterocycles. The Labute approximate surface area is 189 Å². The van der Waals surface area contributed by atoms with Crippen molar-refractivity contribution < 1.29 is 4.79 Å². The van der Waals surface area contributed by atoms with Gasteiger partial charge in [0.15, 0.2) is 11.0 Å². The zero-order valence-corrected chi connectivity index (χ0v) is 19.4. The fraction of sp³-hybridized carbons (Fsp3) is 0.375. The summed E-state index contributed by atoms with van der Waals surface area (Å²) < 4.78 is 2.06. The predicted octanol–water partition coefficient (Wildman–Crippen LogP) is 4.26. The highest BCUT2D eigenvalue weighted by Gasteiger charge is 2.15. The number of carbonyl (C=O) groups is 1. The zero-order chi connectivity index (χ0) is 22.1. The molecule has 1 amide bonds. The van der Waals surface area contributed by atoms with Crippen molar-refractivity contribution in [1.82, 2.24) is 20.1 Å². The average molecular weight is 438 g/mol. The molecule has 0 fully saturated rings. The van der Waals surface area contributed by atoms with E-state index in [4.69, 9.17) is 0 Å². The van der Waals surface area contributed by atoms with E-state index in [-0.39, 0.29) is 5.91 Å². The van der Waals surface area contributed by atoms with Crippen LogP contribution < -0.4 is 10.2 Å². The maximum absolute atomic E-state index is 12.2. The van der Waals surface area contributed by atoms with Crippen LogP contribution in [-0.4, -0.2) is 46.1 Å². The third-order valence-electron chi connectivity index (χ3n) is 5.20. The maximum Gasteiger partial charge on any atom is 0.230 e. The SMILES string of the molecule is CCN(CC)c1ccc(-c2nnc(SCC(=O)NCCc3ccccc3)n2CC)cc1. The first-order chi connectivity index (χ1) is 15.2. The third-order valence-corrected chi connectivity index (χ3v) is 6.16. The molecule has 1 aromatic heterocycles. The summed E-state index contributed by atoms with van der Waals surface area (Å²) in [7, 11) is 0. The number of aromatic nitrogens is 3. The summed E-state index contributed by atoms with van der Waals surface area (Å²) in [5, 5.41) is 12.5. The van der Waals surface area contributed by atoms with Crippen LogP contribution in [0.2, 0.25) is 0 Å². The standard InChI is InChI=1S/C24H31N5OS/c1-4-28(5-2)21-14-12-20(13-15-21)23-26-27-24(29(23)6-3)31-18-22(30)25-17-16-19-10-8-7-9-11-19/h7-15H,4-6,16-18H2,1-3H3,(H,25,30). The van der Waals surface area contributed by atoms with Crippen molar-refractivity contribution in [1.29, 1.82) is 0 Å². The van der Waals surface area contributed by atoms with E-state index in [0.29, 0.717) is 12.3 Å². The van der Waals surface area contributed by atoms with Gasteiger partial charge in [-0.05, 0) is 57.0 Å². The number of rotatable bonds is 11. The Kier molecular flexibility index (Phi) is 8.53. The molecule has 0 atom stereocenters. The van der Waals surface area contributed by atoms with Crippen LogP contribution in [0.1, 0.15) is 26.3 Å². The van der Waals surface area contributed by atoms with Gasteiger partial charge < -0.3 is 14.8 Å². The van der Waals surface area contributed by atoms with Gasteiger partial charge in [-0.2, -0.15) is 0 Å². The molecular weight excluding hydrogens is 406 g/mol. The van der Waals surface area contributed by atoms with Crippen LogP contribution in [-0.2, 0) is 17.8 Å². The van der Waals surface area contributed by atoms with Crippen LogP contribution in [0, 0.1) is 0 Å². The molecule has 0 aliphatic heterocycles. The zero-order valence-electron chi connectivity index (χ0n) is 18.5. The van der Waals surface area contributed by atoms with E-state index in [1.54, 1.807) is 0 Å². The quantitative estimate of drug-likeness (QED) is 0.454. The van der Waals surface area contributed by atoms with Crippen molar-refractivity contribution in [2.75, 3.05) is 30.3 Å². The van der Waals surface area contributed by atoms with Crippen LogP contribution in [0.25, 0.3) is 11.4 Å². The Hall–Kier alpha value is -2.80. The van der Waals surface area contributed by atoms with Crippen molar-refractivity contribution >= 4 is 23.4 Å². The van der Waals surface area contributed by atoms with Gasteiger partial charge in [-0.1, -0.05) is 42.1 Å². The molecule has 0 saturated carbocycles. The number of carbonyl (C=O) groups excluding carboxylic acids is 1. The highest BCUT2D eigenvalue weighted by molar-refractivity contribution is 7.99. The second-order valence-electron chi connectivity index (χ2n) is 7.14. The van der Waals surface area contributed by atoms with Crippen LogP contribution in [0.5, 0.6) is 0 Å². The molecule has 0 aliphatic carbocycles. The summed E-state index contributed by atoms with van der Waals surface area (Å²) in [5.41, 5.74) is 3.46. The van der Waals surface area contributed by atoms with Gasteiger partial charge in [0.1, 0.15) is 0 Å². The molecule has 0 radical (unpaired) electrons. The van der Waals surface area contributed by atoms with Crippen LogP contribution >= 0.6 is 11.8 Å². The van der Waals surface area contributed by atoms with Crippen molar-refractivity contribution in [3.05, 3.63) is 60.2 Å². The van der Waals surface area contributed by atoms with E-state index in [1.807, 2.05) is 18.2 Å². The van der Waals surface area contributed by atoms with Crippen molar-refractivity contribution in [3.8, 4) is 11.4 Å². The van der Waals surface area contributed by atoms with Gasteiger partial charge in [0.2, 0.25) is 5.91 Å². The van der Waals surface area contributed by atoms with Gasteiger partial charge in [-0.15, -0.1) is 10.2 Å². The van der Waals surface area contributed by atoms with Gasteiger partial charge in [0, 0.05) is 37.4 Å². The molecule has 3 rings (SSSR count). The maximum atomic E-state index is 12.2. The lowest BCUT2D eigenvalue weighted by Crippen LogP contribution is -2.27. The molecule has 0 saturated heterocycles. The summed E-state index contributed by atoms with van der Waals surface area (Å²) in [6, 6.07) is 18.6. The smallest absolute Gasteiger partial charge is 0.230 e. The predicted molar refractivity (Wildman–Crippen MR) is 129 cm³/mol. The van der Waals surface area contributed by atoms with Crippen molar-refractivity contribution in [3.63, 3.8) is 0 Å². The first kappa shape index (κ1) is 22.9. The molecular formula is C24H31N5OS. The third kappa shape index (κ3) is 6.10. The summed E-state index contributed by atoms with van der Waals surface area (Å²) in [4.78, 5) is 14.6. The van der Waals surface area contributed by atoms with Gasteiger partial charge >= 0.3 is 0 Å². The number of benzene rings is 2. The van der Waals surface area contributed by atoms with E-state index in [1.165, 1.54) is 23.0 Å². The van der Waals surface area contributed by atoms with E-state index >= 15 is 0 Å². The number of nitrogens with one attached hydrogen (secondary N) is 1. The first-order valence-electron chi connectivity index (χ1n) is 10.9. The number of amides is 1. The molecule has 0 spiro atoms.